The van der Waals surface area contributed by atoms with Gasteiger partial charge in [0.1, 0.15) is 59.1 Å². The minimum absolute atomic E-state index is 0.0578. The zero-order valence-electron chi connectivity index (χ0n) is 48.2. The highest BCUT2D eigenvalue weighted by Crippen LogP contribution is 2.37. The van der Waals surface area contributed by atoms with Crippen molar-refractivity contribution >= 4 is 35.5 Å². The molecule has 0 atom stereocenters. The fourth-order valence-electron chi connectivity index (χ4n) is 6.93. The molecule has 4 aromatic rings. The first-order valence-electron chi connectivity index (χ1n) is 25.4. The lowest BCUT2D eigenvalue weighted by molar-refractivity contribution is -0.107. The van der Waals surface area contributed by atoms with Crippen LogP contribution in [0.3, 0.4) is 0 Å². The Bertz CT molecular complexity index is 2480. The number of rotatable bonds is 31. The van der Waals surface area contributed by atoms with E-state index in [2.05, 4.69) is 76.9 Å². The van der Waals surface area contributed by atoms with Crippen molar-refractivity contribution in [3.05, 3.63) is 107 Å². The molecular weight excluding hydrogens is 1000 g/mol. The number of nitrogens with one attached hydrogen (secondary N) is 1. The van der Waals surface area contributed by atoms with E-state index in [4.69, 9.17) is 80.1 Å². The van der Waals surface area contributed by atoms with Crippen molar-refractivity contribution in [2.24, 2.45) is 28.9 Å². The van der Waals surface area contributed by atoms with Crippen LogP contribution in [0.2, 0.25) is 0 Å². The summed E-state index contributed by atoms with van der Waals surface area (Å²) in [7, 11) is 8.17. The van der Waals surface area contributed by atoms with Crippen LogP contribution in [-0.4, -0.2) is 127 Å². The average Bonchev–Trinajstić information content (AvgIpc) is 3.46. The van der Waals surface area contributed by atoms with Crippen LogP contribution >= 0.6 is 0 Å². The molecule has 0 heterocycles. The van der Waals surface area contributed by atoms with Crippen molar-refractivity contribution in [1.82, 2.24) is 0 Å². The maximum atomic E-state index is 10.6. The summed E-state index contributed by atoms with van der Waals surface area (Å²) in [6, 6.07) is 22.9. The van der Waals surface area contributed by atoms with Crippen LogP contribution in [0, 0.1) is 0 Å². The van der Waals surface area contributed by atoms with Gasteiger partial charge in [0.2, 0.25) is 6.41 Å². The van der Waals surface area contributed by atoms with Crippen LogP contribution in [0.25, 0.3) is 5.70 Å². The summed E-state index contributed by atoms with van der Waals surface area (Å²) in [4.78, 5) is 19.2. The van der Waals surface area contributed by atoms with Gasteiger partial charge in [0, 0.05) is 24.7 Å². The van der Waals surface area contributed by atoms with Gasteiger partial charge in [0.25, 0.3) is 0 Å². The number of nitrogens with zero attached hydrogens (tertiary/aromatic N) is 2. The van der Waals surface area contributed by atoms with Crippen molar-refractivity contribution in [2.45, 2.75) is 66.2 Å². The summed E-state index contributed by atoms with van der Waals surface area (Å²) in [5.41, 5.74) is 23.3. The predicted molar refractivity (Wildman–Crippen MR) is 307 cm³/mol. The number of hydrogen-bond acceptors (Lipinski definition) is 20. The topological polar surface area (TPSA) is 284 Å². The summed E-state index contributed by atoms with van der Waals surface area (Å²) in [6.07, 6.45) is 0.793. The Morgan fingerprint density at radius 2 is 0.872 bits per heavy atom. The van der Waals surface area contributed by atoms with E-state index in [0.29, 0.717) is 143 Å². The number of aldehydes is 1. The lowest BCUT2D eigenvalue weighted by Crippen LogP contribution is -2.31. The SMILES string of the molecule is CNc1cc(C(C)(C)C)ccc1OCCOCCOCCOCCOCCOCCOc1ccc(C(C)(C)C)cc1/C(N)=C(\C)N(N)c1cc(OC)ccc1OC.COc1ccc(OC)c(N(N)/C(C)=C(\N)C=O)c1.NC=O. The van der Waals surface area contributed by atoms with Gasteiger partial charge in [0.05, 0.1) is 123 Å². The second kappa shape index (κ2) is 35.4. The Morgan fingerprint density at radius 1 is 0.513 bits per heavy atom. The van der Waals surface area contributed by atoms with Crippen LogP contribution in [0.1, 0.15) is 72.1 Å². The number of carbonyl (C=O) groups is 2. The van der Waals surface area contributed by atoms with Gasteiger partial charge in [0.15, 0.2) is 6.29 Å². The summed E-state index contributed by atoms with van der Waals surface area (Å²) in [6.45, 7) is 21.9. The molecule has 4 rings (SSSR count). The molecule has 0 aliphatic rings. The van der Waals surface area contributed by atoms with Crippen molar-refractivity contribution < 1.29 is 61.7 Å². The third-order valence-corrected chi connectivity index (χ3v) is 11.7. The number of hydrogen-bond donors (Lipinski definition) is 6. The summed E-state index contributed by atoms with van der Waals surface area (Å²) in [5.74, 6) is 16.4. The third-order valence-electron chi connectivity index (χ3n) is 11.7. The monoisotopic (exact) mass is 1090 g/mol. The number of carbonyl (C=O) groups excluding carboxylic acids is 2. The molecule has 0 spiro atoms. The Labute approximate surface area is 462 Å². The predicted octanol–water partition coefficient (Wildman–Crippen LogP) is 6.78. The minimum Gasteiger partial charge on any atom is -0.497 e. The standard InChI is InChI=1S/C44H68N4O9.C12H17N3O3.CH3NO/c1-32(48(46)38-31-35(49-9)13-16-41(38)50-10)42(45)36-29-33(43(2,3)4)11-14-39(36)56-27-25-54-23-21-52-19-17-51-18-20-53-22-24-55-26-28-57-40-15-12-34(44(5,6)7)30-37(40)47-8;1-8(10(13)7-16)15(14)11-6-9(17-2)4-5-12(11)18-3;2-1-3/h11-16,29-31,47H,17-28,45-46H2,1-10H3;4-7H,13-14H2,1-3H3;1H,(H2,2,3)/b42-32-;10-8-;. The van der Waals surface area contributed by atoms with Crippen LogP contribution < -0.4 is 72.6 Å². The quantitative estimate of drug-likeness (QED) is 0.00995. The van der Waals surface area contributed by atoms with E-state index in [-0.39, 0.29) is 22.9 Å². The zero-order chi connectivity index (χ0) is 58.3. The zero-order valence-corrected chi connectivity index (χ0v) is 48.2. The lowest BCUT2D eigenvalue weighted by Gasteiger charge is -2.26. The molecule has 0 aliphatic carbocycles. The first-order chi connectivity index (χ1) is 37.2. The molecule has 434 valence electrons. The molecule has 11 N–H and O–H groups in total. The molecule has 4 aromatic carbocycles. The third kappa shape index (κ3) is 22.5. The highest BCUT2D eigenvalue weighted by molar-refractivity contribution is 5.77. The van der Waals surface area contributed by atoms with Crippen LogP contribution in [0.5, 0.6) is 34.5 Å². The normalized spacial score (nSPS) is 11.8. The number of hydrazine groups is 2. The Kier molecular flexibility index (Phi) is 30.5. The highest BCUT2D eigenvalue weighted by atomic mass is 16.6. The molecule has 0 saturated carbocycles. The van der Waals surface area contributed by atoms with E-state index < -0.39 is 0 Å². The number of nitrogens with two attached hydrogens (primary N) is 5. The van der Waals surface area contributed by atoms with Crippen molar-refractivity contribution in [3.63, 3.8) is 0 Å². The molecule has 0 aliphatic heterocycles. The second-order valence-electron chi connectivity index (χ2n) is 19.0. The molecule has 21 heteroatoms. The van der Waals surface area contributed by atoms with E-state index in [1.54, 1.807) is 58.6 Å². The molecule has 1 amide bonds. The van der Waals surface area contributed by atoms with Gasteiger partial charge in [-0.2, -0.15) is 0 Å². The van der Waals surface area contributed by atoms with E-state index in [9.17, 15) is 4.79 Å². The van der Waals surface area contributed by atoms with E-state index in [1.165, 1.54) is 22.7 Å². The molecule has 0 bridgehead atoms. The second-order valence-corrected chi connectivity index (χ2v) is 19.0. The number of allylic oxidation sites excluding steroid dienone is 3. The van der Waals surface area contributed by atoms with Gasteiger partial charge in [-0.1, -0.05) is 53.7 Å². The van der Waals surface area contributed by atoms with Gasteiger partial charge in [-0.25, -0.2) is 11.7 Å². The maximum Gasteiger partial charge on any atom is 0.204 e. The molecule has 0 saturated heterocycles. The first kappa shape index (κ1) is 67.1. The van der Waals surface area contributed by atoms with Gasteiger partial charge >= 0.3 is 0 Å². The van der Waals surface area contributed by atoms with Crippen molar-refractivity contribution in [1.29, 1.82) is 0 Å². The molecule has 21 nitrogen and oxygen atoms in total. The van der Waals surface area contributed by atoms with Gasteiger partial charge < -0.3 is 74.6 Å². The largest absolute Gasteiger partial charge is 0.497 e. The number of anilines is 3. The highest BCUT2D eigenvalue weighted by Gasteiger charge is 2.22. The Morgan fingerprint density at radius 3 is 1.24 bits per heavy atom. The molecule has 0 radical (unpaired) electrons. The minimum atomic E-state index is -0.105. The van der Waals surface area contributed by atoms with Crippen LogP contribution in [0.4, 0.5) is 17.1 Å². The fraction of sp³-hybridized carbons (Fsp3) is 0.474. The molecule has 0 aromatic heterocycles. The molecule has 0 fully saturated rings. The molecule has 78 heavy (non-hydrogen) atoms. The summed E-state index contributed by atoms with van der Waals surface area (Å²) in [5, 5.41) is 5.99. The van der Waals surface area contributed by atoms with Gasteiger partial charge in [-0.05, 0) is 84.3 Å². The maximum absolute atomic E-state index is 10.6. The molecule has 0 unspecified atom stereocenters. The number of methoxy groups -OCH3 is 4. The fourth-order valence-corrected chi connectivity index (χ4v) is 6.93. The van der Waals surface area contributed by atoms with Crippen LogP contribution in [-0.2, 0) is 44.1 Å². The van der Waals surface area contributed by atoms with Crippen LogP contribution in [0.15, 0.2) is 89.9 Å². The average molecular weight is 1090 g/mol. The van der Waals surface area contributed by atoms with Crippen molar-refractivity contribution in [3.8, 4) is 34.5 Å². The van der Waals surface area contributed by atoms with E-state index >= 15 is 0 Å². The Balaban J connectivity index is 0.000000826. The van der Waals surface area contributed by atoms with Crippen molar-refractivity contribution in [2.75, 3.05) is 130 Å². The number of primary amides is 1. The number of amides is 1. The summed E-state index contributed by atoms with van der Waals surface area (Å²) < 4.78 is 61.6. The van der Waals surface area contributed by atoms with Gasteiger partial charge in [-0.15, -0.1) is 0 Å². The first-order valence-corrected chi connectivity index (χ1v) is 25.4. The lowest BCUT2D eigenvalue weighted by atomic mass is 9.85. The number of ether oxygens (including phenoxy) is 11. The smallest absolute Gasteiger partial charge is 0.204 e. The van der Waals surface area contributed by atoms with E-state index in [1.807, 2.05) is 32.2 Å². The summed E-state index contributed by atoms with van der Waals surface area (Å²) >= 11 is 0. The molecular formula is C57H88N8O13. The van der Waals surface area contributed by atoms with Gasteiger partial charge in [-0.3, -0.25) is 19.6 Å². The number of benzene rings is 4. The Hall–Kier alpha value is -6.98. The van der Waals surface area contributed by atoms with E-state index in [0.717, 1.165) is 22.6 Å².